The molecule has 0 saturated carbocycles. The predicted molar refractivity (Wildman–Crippen MR) is 67.7 cm³/mol. The van der Waals surface area contributed by atoms with Gasteiger partial charge in [-0.1, -0.05) is 6.07 Å². The van der Waals surface area contributed by atoms with Crippen LogP contribution in [0.4, 0.5) is 5.69 Å². The van der Waals surface area contributed by atoms with Gasteiger partial charge in [-0.15, -0.1) is 0 Å². The molecule has 1 rings (SSSR count). The fourth-order valence-corrected chi connectivity index (χ4v) is 1.50. The van der Waals surface area contributed by atoms with Gasteiger partial charge in [0.25, 0.3) is 0 Å². The zero-order valence-electron chi connectivity index (χ0n) is 10.4. The number of likely N-dealkylation sites (N-methyl/N-ethyl adjacent to an activating group) is 1. The standard InChI is InChI=1S/C13H17N3O/c1-4-15-13(17)10(3)16-12-7-9(2)5-6-11(12)8-14/h5-7,10,16H,4H2,1-3H3,(H,15,17). The van der Waals surface area contributed by atoms with Crippen molar-refractivity contribution in [3.05, 3.63) is 29.3 Å². The molecule has 0 fully saturated rings. The third-order valence-electron chi connectivity index (χ3n) is 2.41. The van der Waals surface area contributed by atoms with Crippen molar-refractivity contribution in [2.75, 3.05) is 11.9 Å². The average molecular weight is 231 g/mol. The molecular formula is C13H17N3O. The number of amides is 1. The van der Waals surface area contributed by atoms with Gasteiger partial charge in [-0.3, -0.25) is 4.79 Å². The summed E-state index contributed by atoms with van der Waals surface area (Å²) in [6.45, 7) is 6.19. The van der Waals surface area contributed by atoms with E-state index in [9.17, 15) is 4.79 Å². The zero-order valence-corrected chi connectivity index (χ0v) is 10.4. The van der Waals surface area contributed by atoms with E-state index in [4.69, 9.17) is 5.26 Å². The Bertz CT molecular complexity index is 448. The second kappa shape index (κ2) is 5.90. The van der Waals surface area contributed by atoms with Gasteiger partial charge in [0.1, 0.15) is 12.1 Å². The first-order valence-electron chi connectivity index (χ1n) is 5.63. The molecule has 0 aliphatic carbocycles. The van der Waals surface area contributed by atoms with Gasteiger partial charge in [-0.2, -0.15) is 5.26 Å². The Hall–Kier alpha value is -2.02. The summed E-state index contributed by atoms with van der Waals surface area (Å²) in [7, 11) is 0. The van der Waals surface area contributed by atoms with Crippen molar-refractivity contribution in [3.8, 4) is 6.07 Å². The van der Waals surface area contributed by atoms with E-state index >= 15 is 0 Å². The van der Waals surface area contributed by atoms with Crippen LogP contribution in [0.1, 0.15) is 25.0 Å². The van der Waals surface area contributed by atoms with Crippen molar-refractivity contribution in [1.29, 1.82) is 5.26 Å². The predicted octanol–water partition coefficient (Wildman–Crippen LogP) is 1.80. The molecule has 1 aromatic carbocycles. The zero-order chi connectivity index (χ0) is 12.8. The number of rotatable bonds is 4. The number of hydrogen-bond acceptors (Lipinski definition) is 3. The second-order valence-corrected chi connectivity index (χ2v) is 3.92. The SMILES string of the molecule is CCNC(=O)C(C)Nc1cc(C)ccc1C#N. The van der Waals surface area contributed by atoms with Crippen LogP contribution in [-0.2, 0) is 4.79 Å². The summed E-state index contributed by atoms with van der Waals surface area (Å²) in [6, 6.07) is 7.24. The minimum absolute atomic E-state index is 0.0714. The highest BCUT2D eigenvalue weighted by molar-refractivity contribution is 5.84. The first-order valence-corrected chi connectivity index (χ1v) is 5.63. The summed E-state index contributed by atoms with van der Waals surface area (Å²) in [5.41, 5.74) is 2.30. The molecule has 1 aromatic rings. The van der Waals surface area contributed by atoms with E-state index in [2.05, 4.69) is 16.7 Å². The largest absolute Gasteiger partial charge is 0.373 e. The number of nitrogens with zero attached hydrogens (tertiary/aromatic N) is 1. The van der Waals surface area contributed by atoms with Crippen LogP contribution in [0.3, 0.4) is 0 Å². The van der Waals surface area contributed by atoms with Crippen LogP contribution in [0.5, 0.6) is 0 Å². The van der Waals surface area contributed by atoms with Gasteiger partial charge >= 0.3 is 0 Å². The maximum Gasteiger partial charge on any atom is 0.242 e. The number of benzene rings is 1. The third kappa shape index (κ3) is 3.49. The van der Waals surface area contributed by atoms with E-state index < -0.39 is 0 Å². The smallest absolute Gasteiger partial charge is 0.242 e. The van der Waals surface area contributed by atoms with Crippen LogP contribution in [0, 0.1) is 18.3 Å². The minimum Gasteiger partial charge on any atom is -0.373 e. The minimum atomic E-state index is -0.358. The molecule has 0 spiro atoms. The quantitative estimate of drug-likeness (QED) is 0.830. The molecule has 1 unspecified atom stereocenters. The molecule has 1 amide bonds. The number of carbonyl (C=O) groups is 1. The molecule has 1 atom stereocenters. The summed E-state index contributed by atoms with van der Waals surface area (Å²) in [4.78, 5) is 11.6. The summed E-state index contributed by atoms with van der Waals surface area (Å²) in [5.74, 6) is -0.0714. The van der Waals surface area contributed by atoms with Crippen molar-refractivity contribution >= 4 is 11.6 Å². The lowest BCUT2D eigenvalue weighted by Gasteiger charge is -2.16. The van der Waals surface area contributed by atoms with Crippen LogP contribution in [-0.4, -0.2) is 18.5 Å². The van der Waals surface area contributed by atoms with Crippen LogP contribution in [0.15, 0.2) is 18.2 Å². The van der Waals surface area contributed by atoms with E-state index in [1.165, 1.54) is 0 Å². The Kier molecular flexibility index (Phi) is 4.53. The fraction of sp³-hybridized carbons (Fsp3) is 0.385. The highest BCUT2D eigenvalue weighted by Gasteiger charge is 2.13. The van der Waals surface area contributed by atoms with Crippen LogP contribution < -0.4 is 10.6 Å². The molecule has 2 N–H and O–H groups in total. The van der Waals surface area contributed by atoms with Crippen molar-refractivity contribution in [2.24, 2.45) is 0 Å². The lowest BCUT2D eigenvalue weighted by atomic mass is 10.1. The van der Waals surface area contributed by atoms with Crippen molar-refractivity contribution in [3.63, 3.8) is 0 Å². The highest BCUT2D eigenvalue weighted by atomic mass is 16.2. The van der Waals surface area contributed by atoms with Gasteiger partial charge in [0.05, 0.1) is 11.3 Å². The van der Waals surface area contributed by atoms with Gasteiger partial charge < -0.3 is 10.6 Å². The first-order chi connectivity index (χ1) is 8.08. The topological polar surface area (TPSA) is 64.9 Å². The van der Waals surface area contributed by atoms with E-state index in [1.54, 1.807) is 13.0 Å². The lowest BCUT2D eigenvalue weighted by Crippen LogP contribution is -2.37. The molecule has 4 heteroatoms. The van der Waals surface area contributed by atoms with Crippen molar-refractivity contribution < 1.29 is 4.79 Å². The molecule has 17 heavy (non-hydrogen) atoms. The van der Waals surface area contributed by atoms with Crippen molar-refractivity contribution in [2.45, 2.75) is 26.8 Å². The van der Waals surface area contributed by atoms with Crippen LogP contribution in [0.25, 0.3) is 0 Å². The fourth-order valence-electron chi connectivity index (χ4n) is 1.50. The Morgan fingerprint density at radius 2 is 2.24 bits per heavy atom. The summed E-state index contributed by atoms with van der Waals surface area (Å²) in [6.07, 6.45) is 0. The van der Waals surface area contributed by atoms with Gasteiger partial charge in [0.15, 0.2) is 0 Å². The number of anilines is 1. The van der Waals surface area contributed by atoms with Crippen LogP contribution in [0.2, 0.25) is 0 Å². The number of carbonyl (C=O) groups excluding carboxylic acids is 1. The number of nitriles is 1. The first kappa shape index (κ1) is 13.0. The second-order valence-electron chi connectivity index (χ2n) is 3.92. The third-order valence-corrected chi connectivity index (χ3v) is 2.41. The molecule has 4 nitrogen and oxygen atoms in total. The Morgan fingerprint density at radius 1 is 1.53 bits per heavy atom. The summed E-state index contributed by atoms with van der Waals surface area (Å²) >= 11 is 0. The molecule has 0 aromatic heterocycles. The van der Waals surface area contributed by atoms with Crippen molar-refractivity contribution in [1.82, 2.24) is 5.32 Å². The molecule has 0 aliphatic heterocycles. The molecule has 0 bridgehead atoms. The molecule has 0 aliphatic rings. The maximum atomic E-state index is 11.6. The van der Waals surface area contributed by atoms with E-state index in [1.807, 2.05) is 26.0 Å². The Labute approximate surface area is 102 Å². The number of hydrogen-bond donors (Lipinski definition) is 2. The van der Waals surface area contributed by atoms with E-state index in [0.29, 0.717) is 17.8 Å². The number of nitrogens with one attached hydrogen (secondary N) is 2. The Morgan fingerprint density at radius 3 is 2.82 bits per heavy atom. The molecule has 90 valence electrons. The molecule has 0 saturated heterocycles. The summed E-state index contributed by atoms with van der Waals surface area (Å²) in [5, 5.41) is 14.8. The maximum absolute atomic E-state index is 11.6. The van der Waals surface area contributed by atoms with E-state index in [0.717, 1.165) is 5.56 Å². The van der Waals surface area contributed by atoms with Gasteiger partial charge in [-0.05, 0) is 38.5 Å². The lowest BCUT2D eigenvalue weighted by molar-refractivity contribution is -0.121. The van der Waals surface area contributed by atoms with E-state index in [-0.39, 0.29) is 11.9 Å². The van der Waals surface area contributed by atoms with Gasteiger partial charge in [0, 0.05) is 6.54 Å². The molecule has 0 heterocycles. The average Bonchev–Trinajstić information content (AvgIpc) is 2.29. The summed E-state index contributed by atoms with van der Waals surface area (Å²) < 4.78 is 0. The monoisotopic (exact) mass is 231 g/mol. The van der Waals surface area contributed by atoms with Crippen LogP contribution >= 0.6 is 0 Å². The van der Waals surface area contributed by atoms with Gasteiger partial charge in [-0.25, -0.2) is 0 Å². The Balaban J connectivity index is 2.84. The molecule has 0 radical (unpaired) electrons. The normalized spacial score (nSPS) is 11.4. The van der Waals surface area contributed by atoms with Gasteiger partial charge in [0.2, 0.25) is 5.91 Å². The highest BCUT2D eigenvalue weighted by Crippen LogP contribution is 2.17. The number of aryl methyl sites for hydroxylation is 1. The molecular weight excluding hydrogens is 214 g/mol.